The lowest BCUT2D eigenvalue weighted by atomic mass is 10.0. The lowest BCUT2D eigenvalue weighted by Crippen LogP contribution is -2.17. The minimum Gasteiger partial charge on any atom is -0.480 e. The number of nitrogens with zero attached hydrogens (tertiary/aromatic N) is 1. The van der Waals surface area contributed by atoms with Crippen molar-refractivity contribution in [2.24, 2.45) is 5.10 Å². The molecule has 0 aliphatic carbocycles. The van der Waals surface area contributed by atoms with E-state index in [4.69, 9.17) is 11.2 Å². The SMILES string of the molecule is C#CCOc1ccc2ccccc2c1/C=N\NC(=O)c1ccc[nH]1. The van der Waals surface area contributed by atoms with Crippen LogP contribution in [0.15, 0.2) is 59.8 Å². The minimum absolute atomic E-state index is 0.161. The molecule has 118 valence electrons. The Bertz CT molecular complexity index is 921. The van der Waals surface area contributed by atoms with Crippen LogP contribution in [0.2, 0.25) is 0 Å². The second-order valence-electron chi connectivity index (χ2n) is 4.97. The maximum absolute atomic E-state index is 11.9. The molecular formula is C19H15N3O2. The van der Waals surface area contributed by atoms with Gasteiger partial charge in [-0.25, -0.2) is 5.43 Å². The Morgan fingerprint density at radius 2 is 2.12 bits per heavy atom. The maximum Gasteiger partial charge on any atom is 0.287 e. The summed E-state index contributed by atoms with van der Waals surface area (Å²) < 4.78 is 5.58. The fourth-order valence-corrected chi connectivity index (χ4v) is 2.34. The third-order valence-corrected chi connectivity index (χ3v) is 3.44. The molecule has 2 aromatic carbocycles. The number of aromatic amines is 1. The van der Waals surface area contributed by atoms with Crippen molar-refractivity contribution in [1.29, 1.82) is 0 Å². The number of terminal acetylenes is 1. The molecule has 0 unspecified atom stereocenters. The van der Waals surface area contributed by atoms with E-state index in [-0.39, 0.29) is 12.5 Å². The van der Waals surface area contributed by atoms with Gasteiger partial charge in [0.25, 0.3) is 5.91 Å². The normalized spacial score (nSPS) is 10.6. The number of hydrogen-bond acceptors (Lipinski definition) is 3. The monoisotopic (exact) mass is 317 g/mol. The molecule has 0 bridgehead atoms. The zero-order chi connectivity index (χ0) is 16.8. The molecule has 0 saturated carbocycles. The Hall–Kier alpha value is -3.52. The molecule has 2 N–H and O–H groups in total. The van der Waals surface area contributed by atoms with Crippen molar-refractivity contribution in [2.45, 2.75) is 0 Å². The Morgan fingerprint density at radius 1 is 1.25 bits per heavy atom. The molecule has 0 saturated heterocycles. The van der Waals surface area contributed by atoms with Gasteiger partial charge in [-0.1, -0.05) is 36.3 Å². The smallest absolute Gasteiger partial charge is 0.287 e. The summed E-state index contributed by atoms with van der Waals surface area (Å²) in [6.45, 7) is 0.161. The third kappa shape index (κ3) is 3.28. The number of H-pyrrole nitrogens is 1. The van der Waals surface area contributed by atoms with Crippen molar-refractivity contribution in [3.8, 4) is 18.1 Å². The molecule has 1 heterocycles. The molecule has 24 heavy (non-hydrogen) atoms. The molecule has 0 aliphatic heterocycles. The molecule has 3 rings (SSSR count). The van der Waals surface area contributed by atoms with Crippen LogP contribution in [0, 0.1) is 12.3 Å². The number of hydrazone groups is 1. The fraction of sp³-hybridized carbons (Fsp3) is 0.0526. The number of aromatic nitrogens is 1. The minimum atomic E-state index is -0.317. The molecule has 3 aromatic rings. The standard InChI is InChI=1S/C19H15N3O2/c1-2-12-24-18-10-9-14-6-3-4-7-15(14)16(18)13-21-22-19(23)17-8-5-11-20-17/h1,3-11,13,20H,12H2,(H,22,23)/b21-13-. The van der Waals surface area contributed by atoms with Crippen LogP contribution in [0.5, 0.6) is 5.75 Å². The second-order valence-corrected chi connectivity index (χ2v) is 4.97. The van der Waals surface area contributed by atoms with Crippen molar-refractivity contribution in [3.05, 3.63) is 66.0 Å². The molecule has 5 heteroatoms. The predicted molar refractivity (Wildman–Crippen MR) is 94.1 cm³/mol. The van der Waals surface area contributed by atoms with Gasteiger partial charge in [-0.05, 0) is 29.0 Å². The fourth-order valence-electron chi connectivity index (χ4n) is 2.34. The quantitative estimate of drug-likeness (QED) is 0.432. The van der Waals surface area contributed by atoms with Gasteiger partial charge in [0, 0.05) is 11.8 Å². The molecule has 0 radical (unpaired) electrons. The van der Waals surface area contributed by atoms with Crippen LogP contribution < -0.4 is 10.2 Å². The summed E-state index contributed by atoms with van der Waals surface area (Å²) >= 11 is 0. The molecule has 0 atom stereocenters. The number of rotatable bonds is 5. The van der Waals surface area contributed by atoms with Gasteiger partial charge in [-0.3, -0.25) is 4.79 Å². The highest BCUT2D eigenvalue weighted by Gasteiger charge is 2.08. The van der Waals surface area contributed by atoms with Crippen LogP contribution in [-0.4, -0.2) is 23.7 Å². The summed E-state index contributed by atoms with van der Waals surface area (Å²) in [5, 5.41) is 6.05. The van der Waals surface area contributed by atoms with E-state index in [1.165, 1.54) is 0 Å². The number of nitrogens with one attached hydrogen (secondary N) is 2. The van der Waals surface area contributed by atoms with Crippen molar-refractivity contribution in [2.75, 3.05) is 6.61 Å². The summed E-state index contributed by atoms with van der Waals surface area (Å²) in [5.74, 6) is 2.74. The number of amides is 1. The largest absolute Gasteiger partial charge is 0.480 e. The van der Waals surface area contributed by atoms with E-state index in [9.17, 15) is 4.79 Å². The number of carbonyl (C=O) groups is 1. The van der Waals surface area contributed by atoms with E-state index in [0.29, 0.717) is 11.4 Å². The Balaban J connectivity index is 1.89. The van der Waals surface area contributed by atoms with E-state index >= 15 is 0 Å². The second kappa shape index (κ2) is 7.16. The first-order valence-corrected chi connectivity index (χ1v) is 7.34. The highest BCUT2D eigenvalue weighted by atomic mass is 16.5. The summed E-state index contributed by atoms with van der Waals surface area (Å²) in [5.41, 5.74) is 3.68. The van der Waals surface area contributed by atoms with Gasteiger partial charge < -0.3 is 9.72 Å². The van der Waals surface area contributed by atoms with Gasteiger partial charge in [0.2, 0.25) is 0 Å². The van der Waals surface area contributed by atoms with E-state index in [0.717, 1.165) is 16.3 Å². The lowest BCUT2D eigenvalue weighted by molar-refractivity contribution is 0.0951. The van der Waals surface area contributed by atoms with E-state index < -0.39 is 0 Å². The number of benzene rings is 2. The van der Waals surface area contributed by atoms with Crippen LogP contribution in [0.1, 0.15) is 16.1 Å². The summed E-state index contributed by atoms with van der Waals surface area (Å²) in [4.78, 5) is 14.7. The highest BCUT2D eigenvalue weighted by Crippen LogP contribution is 2.26. The zero-order valence-corrected chi connectivity index (χ0v) is 12.8. The molecule has 0 aliphatic rings. The Kier molecular flexibility index (Phi) is 4.59. The van der Waals surface area contributed by atoms with Gasteiger partial charge in [0.1, 0.15) is 18.1 Å². The molecule has 0 fully saturated rings. The average Bonchev–Trinajstić information content (AvgIpc) is 3.15. The predicted octanol–water partition coefficient (Wildman–Crippen LogP) is 2.94. The molecule has 1 amide bonds. The summed E-state index contributed by atoms with van der Waals surface area (Å²) in [6, 6.07) is 15.1. The van der Waals surface area contributed by atoms with E-state index in [1.807, 2.05) is 36.4 Å². The number of hydrogen-bond donors (Lipinski definition) is 2. The number of carbonyl (C=O) groups excluding carboxylic acids is 1. The lowest BCUT2D eigenvalue weighted by Gasteiger charge is -2.09. The summed E-state index contributed by atoms with van der Waals surface area (Å²) in [7, 11) is 0. The van der Waals surface area contributed by atoms with E-state index in [1.54, 1.807) is 24.5 Å². The topological polar surface area (TPSA) is 66.5 Å². The zero-order valence-electron chi connectivity index (χ0n) is 12.8. The van der Waals surface area contributed by atoms with Gasteiger partial charge in [-0.15, -0.1) is 6.42 Å². The van der Waals surface area contributed by atoms with Crippen LogP contribution in [0.4, 0.5) is 0 Å². The highest BCUT2D eigenvalue weighted by molar-refractivity contribution is 6.03. The van der Waals surface area contributed by atoms with Gasteiger partial charge >= 0.3 is 0 Å². The van der Waals surface area contributed by atoms with Gasteiger partial charge in [-0.2, -0.15) is 5.10 Å². The molecule has 0 spiro atoms. The third-order valence-electron chi connectivity index (χ3n) is 3.44. The first-order valence-electron chi connectivity index (χ1n) is 7.34. The van der Waals surface area contributed by atoms with Crippen molar-refractivity contribution in [1.82, 2.24) is 10.4 Å². The molecule has 5 nitrogen and oxygen atoms in total. The van der Waals surface area contributed by atoms with Crippen LogP contribution in [0.25, 0.3) is 10.8 Å². The maximum atomic E-state index is 11.9. The number of ether oxygens (including phenoxy) is 1. The van der Waals surface area contributed by atoms with Gasteiger partial charge in [0.05, 0.1) is 6.21 Å². The van der Waals surface area contributed by atoms with Crippen LogP contribution in [-0.2, 0) is 0 Å². The Labute approximate surface area is 139 Å². The first kappa shape index (κ1) is 15.4. The average molecular weight is 317 g/mol. The van der Waals surface area contributed by atoms with Gasteiger partial charge in [0.15, 0.2) is 0 Å². The van der Waals surface area contributed by atoms with Crippen molar-refractivity contribution < 1.29 is 9.53 Å². The molecule has 1 aromatic heterocycles. The van der Waals surface area contributed by atoms with Crippen LogP contribution in [0.3, 0.4) is 0 Å². The van der Waals surface area contributed by atoms with E-state index in [2.05, 4.69) is 21.4 Å². The first-order chi connectivity index (χ1) is 11.8. The van der Waals surface area contributed by atoms with Crippen LogP contribution >= 0.6 is 0 Å². The molecular weight excluding hydrogens is 302 g/mol. The van der Waals surface area contributed by atoms with Crippen molar-refractivity contribution in [3.63, 3.8) is 0 Å². The Morgan fingerprint density at radius 3 is 2.92 bits per heavy atom. The van der Waals surface area contributed by atoms with Crippen molar-refractivity contribution >= 4 is 22.9 Å². The number of fused-ring (bicyclic) bond motifs is 1. The summed E-state index contributed by atoms with van der Waals surface area (Å²) in [6.07, 6.45) is 8.50.